The van der Waals surface area contributed by atoms with Gasteiger partial charge in [-0.25, -0.2) is 0 Å². The van der Waals surface area contributed by atoms with Crippen LogP contribution in [0.25, 0.3) is 0 Å². The smallest absolute Gasteiger partial charge is 0.0312 e. The van der Waals surface area contributed by atoms with Crippen LogP contribution in [-0.4, -0.2) is 4.82 Å². The molecule has 0 N–H and O–H groups in total. The van der Waals surface area contributed by atoms with E-state index in [2.05, 4.69) is 4.82 Å². The molecule has 2 aliphatic rings. The van der Waals surface area contributed by atoms with Crippen LogP contribution in [-0.2, 0) is 20.0 Å². The van der Waals surface area contributed by atoms with Crippen molar-refractivity contribution in [3.63, 3.8) is 0 Å². The van der Waals surface area contributed by atoms with Gasteiger partial charge in [-0.2, -0.15) is 0 Å². The molecule has 0 amide bonds. The third kappa shape index (κ3) is 8.68. The van der Waals surface area contributed by atoms with E-state index in [1.54, 1.807) is 20.0 Å². The first-order valence-electron chi connectivity index (χ1n) is 3.69. The monoisotopic (exact) mass is 192 g/mol. The summed E-state index contributed by atoms with van der Waals surface area (Å²) in [7, 11) is 0. The van der Waals surface area contributed by atoms with Crippen LogP contribution in [0.15, 0.2) is 0 Å². The fourth-order valence-electron chi connectivity index (χ4n) is 0.642. The summed E-state index contributed by atoms with van der Waals surface area (Å²) in [6.07, 6.45) is 20.0. The van der Waals surface area contributed by atoms with Gasteiger partial charge in [0.15, 0.2) is 0 Å². The van der Waals surface area contributed by atoms with Gasteiger partial charge in [-0.3, -0.25) is 0 Å². The molecule has 1 heteroatoms. The van der Waals surface area contributed by atoms with E-state index in [1.807, 2.05) is 64.2 Å². The maximum Gasteiger partial charge on any atom is -0.0312 e. The minimum atomic E-state index is 1.75. The molecule has 0 heterocycles. The molecule has 0 saturated heterocycles. The molecule has 0 spiro atoms. The molecule has 0 unspecified atom stereocenters. The minimum absolute atomic E-state index is 1.75. The summed E-state index contributed by atoms with van der Waals surface area (Å²) in [4.78, 5) is 3.25. The van der Waals surface area contributed by atoms with Crippen molar-refractivity contribution < 1.29 is 20.0 Å². The van der Waals surface area contributed by atoms with E-state index in [0.717, 1.165) is 0 Å². The van der Waals surface area contributed by atoms with Crippen LogP contribution in [0, 0.1) is 64.2 Å². The fourth-order valence-corrected chi connectivity index (χ4v) is 0.642. The van der Waals surface area contributed by atoms with Crippen LogP contribution in [0.3, 0.4) is 0 Å². The summed E-state index contributed by atoms with van der Waals surface area (Å²) in [6.45, 7) is 0. The summed E-state index contributed by atoms with van der Waals surface area (Å²) >= 11 is 1.75. The Balaban J connectivity index is 0.000000168. The molecular weight excluding hydrogens is 180 g/mol. The van der Waals surface area contributed by atoms with Crippen molar-refractivity contribution in [2.45, 2.75) is 0 Å². The number of hydrogen-bond acceptors (Lipinski definition) is 0. The summed E-state index contributed by atoms with van der Waals surface area (Å²) in [5.74, 6) is 0. The summed E-state index contributed by atoms with van der Waals surface area (Å²) in [6, 6.07) is 0. The molecule has 0 bridgehead atoms. The van der Waals surface area contributed by atoms with Crippen molar-refractivity contribution in [2.24, 2.45) is 0 Å². The van der Waals surface area contributed by atoms with E-state index >= 15 is 0 Å². The Kier molecular flexibility index (Phi) is 12.1. The molecule has 0 nitrogen and oxygen atoms in total. The maximum absolute atomic E-state index is 3.25. The molecule has 0 aliphatic heterocycles. The molecule has 60 valence electrons. The average molecular weight is 192 g/mol. The van der Waals surface area contributed by atoms with Gasteiger partial charge in [-0.1, -0.05) is 0 Å². The third-order valence-electron chi connectivity index (χ3n) is 1.11. The van der Waals surface area contributed by atoms with Gasteiger partial charge in [0, 0.05) is 0 Å². The largest absolute Gasteiger partial charge is 0.0312 e. The number of rotatable bonds is 0. The quantitative estimate of drug-likeness (QED) is 0.515. The second kappa shape index (κ2) is 11.6. The normalized spacial score (nSPS) is 20.2. The zero-order valence-electron chi connectivity index (χ0n) is 6.98. The van der Waals surface area contributed by atoms with Gasteiger partial charge in [0.05, 0.1) is 0 Å². The van der Waals surface area contributed by atoms with E-state index < -0.39 is 0 Å². The van der Waals surface area contributed by atoms with E-state index in [4.69, 9.17) is 0 Å². The Labute approximate surface area is 89.0 Å². The first kappa shape index (κ1) is 12.6. The van der Waals surface area contributed by atoms with Crippen LogP contribution in [0.2, 0.25) is 0 Å². The standard InChI is InChI=1S/2C5H5.CH2.Ti/c2*1-2-4-5-3-1;;/h2*1-5H;1H2;. The van der Waals surface area contributed by atoms with Gasteiger partial charge >= 0.3 is 24.8 Å². The summed E-state index contributed by atoms with van der Waals surface area (Å²) in [5, 5.41) is 0. The second-order valence-electron chi connectivity index (χ2n) is 1.92. The van der Waals surface area contributed by atoms with Gasteiger partial charge in [-0.15, -0.1) is 0 Å². The fraction of sp³-hybridized carbons (Fsp3) is 0. The SMILES string of the molecule is [CH2]=[Ti].[CH]1[CH][CH][CH][CH]1.[CH]1[CH][CH][CH][CH]1. The second-order valence-corrected chi connectivity index (χ2v) is 1.92. The van der Waals surface area contributed by atoms with Crippen molar-refractivity contribution in [3.05, 3.63) is 64.2 Å². The average Bonchev–Trinajstić information content (AvgIpc) is 2.87. The maximum atomic E-state index is 3.25. The third-order valence-corrected chi connectivity index (χ3v) is 1.11. The Hall–Kier alpha value is 0.584. The topological polar surface area (TPSA) is 0 Å². The molecule has 12 heavy (non-hydrogen) atoms. The van der Waals surface area contributed by atoms with Crippen molar-refractivity contribution >= 4 is 4.82 Å². The molecule has 0 aromatic rings. The first-order valence-corrected chi connectivity index (χ1v) is 4.79. The van der Waals surface area contributed by atoms with Gasteiger partial charge in [0.2, 0.25) is 0 Å². The van der Waals surface area contributed by atoms with Crippen LogP contribution in [0.1, 0.15) is 0 Å². The van der Waals surface area contributed by atoms with Gasteiger partial charge < -0.3 is 0 Å². The Morgan fingerprint density at radius 3 is 0.583 bits per heavy atom. The predicted molar refractivity (Wildman–Crippen MR) is 50.1 cm³/mol. The summed E-state index contributed by atoms with van der Waals surface area (Å²) in [5.41, 5.74) is 0. The first-order chi connectivity index (χ1) is 6.00. The van der Waals surface area contributed by atoms with Crippen molar-refractivity contribution in [2.75, 3.05) is 0 Å². The van der Waals surface area contributed by atoms with Crippen molar-refractivity contribution in [1.82, 2.24) is 0 Å². The van der Waals surface area contributed by atoms with Crippen molar-refractivity contribution in [1.29, 1.82) is 0 Å². The van der Waals surface area contributed by atoms with Crippen LogP contribution in [0.4, 0.5) is 0 Å². The molecule has 0 atom stereocenters. The summed E-state index contributed by atoms with van der Waals surface area (Å²) < 4.78 is 0. The van der Waals surface area contributed by atoms with Gasteiger partial charge in [0.1, 0.15) is 0 Å². The molecule has 0 aromatic heterocycles. The Bertz CT molecular complexity index is 47.9. The van der Waals surface area contributed by atoms with Crippen molar-refractivity contribution in [3.8, 4) is 0 Å². The molecule has 2 saturated carbocycles. The van der Waals surface area contributed by atoms with Crippen LogP contribution < -0.4 is 0 Å². The Morgan fingerprint density at radius 2 is 0.500 bits per heavy atom. The zero-order chi connectivity index (χ0) is 9.07. The molecular formula is C11H12Ti. The van der Waals surface area contributed by atoms with E-state index in [1.165, 1.54) is 0 Å². The molecule has 2 aliphatic carbocycles. The van der Waals surface area contributed by atoms with Gasteiger partial charge in [0.25, 0.3) is 0 Å². The molecule has 2 rings (SSSR count). The molecule has 2 fully saturated rings. The predicted octanol–water partition coefficient (Wildman–Crippen LogP) is 2.01. The van der Waals surface area contributed by atoms with E-state index in [0.29, 0.717) is 0 Å². The molecule has 0 aromatic carbocycles. The van der Waals surface area contributed by atoms with Crippen LogP contribution in [0.5, 0.6) is 0 Å². The van der Waals surface area contributed by atoms with Gasteiger partial charge in [-0.05, 0) is 64.2 Å². The van der Waals surface area contributed by atoms with E-state index in [-0.39, 0.29) is 0 Å². The number of hydrogen-bond donors (Lipinski definition) is 0. The zero-order valence-corrected chi connectivity index (χ0v) is 8.54. The molecule has 10 radical (unpaired) electrons. The minimum Gasteiger partial charge on any atom is -0.0312 e. The van der Waals surface area contributed by atoms with E-state index in [9.17, 15) is 0 Å². The Morgan fingerprint density at radius 1 is 0.417 bits per heavy atom. The van der Waals surface area contributed by atoms with Crippen LogP contribution >= 0.6 is 0 Å².